The number of nitro benzene ring substituents is 1. The first-order valence-electron chi connectivity index (χ1n) is 9.35. The number of carboxylic acids is 1. The Morgan fingerprint density at radius 2 is 1.87 bits per heavy atom. The third-order valence-corrected chi connectivity index (χ3v) is 6.05. The molecule has 0 bridgehead atoms. The van der Waals surface area contributed by atoms with E-state index in [1.165, 1.54) is 25.1 Å². The Morgan fingerprint density at radius 3 is 2.50 bits per heavy atom. The summed E-state index contributed by atoms with van der Waals surface area (Å²) < 4.78 is 0. The zero-order chi connectivity index (χ0) is 21.8. The molecule has 4 rings (SSSR count). The number of benzene rings is 2. The van der Waals surface area contributed by atoms with Crippen LogP contribution in [0.15, 0.2) is 48.5 Å². The molecule has 2 amide bonds. The number of nitrogens with zero attached hydrogens (tertiary/aromatic N) is 2. The number of aliphatic carboxylic acids is 1. The third kappa shape index (κ3) is 2.70. The molecule has 2 aromatic carbocycles. The van der Waals surface area contributed by atoms with Gasteiger partial charge in [0.2, 0.25) is 11.8 Å². The van der Waals surface area contributed by atoms with E-state index in [1.807, 2.05) is 19.1 Å². The fourth-order valence-corrected chi connectivity index (χ4v) is 4.54. The van der Waals surface area contributed by atoms with E-state index in [-0.39, 0.29) is 11.4 Å². The fourth-order valence-electron chi connectivity index (χ4n) is 4.54. The summed E-state index contributed by atoms with van der Waals surface area (Å²) in [5.41, 5.74) is -0.277. The van der Waals surface area contributed by atoms with Gasteiger partial charge in [-0.25, -0.2) is 4.90 Å². The molecule has 2 N–H and O–H groups in total. The summed E-state index contributed by atoms with van der Waals surface area (Å²) in [6, 6.07) is 11.8. The molecular weight excluding hydrogens is 390 g/mol. The molecule has 2 aliphatic rings. The van der Waals surface area contributed by atoms with Crippen molar-refractivity contribution in [3.05, 3.63) is 69.8 Å². The lowest BCUT2D eigenvalue weighted by atomic mass is 9.80. The second kappa shape index (κ2) is 6.74. The molecule has 4 unspecified atom stereocenters. The van der Waals surface area contributed by atoms with E-state index in [2.05, 4.69) is 5.32 Å². The molecule has 2 heterocycles. The van der Waals surface area contributed by atoms with Gasteiger partial charge in [0.05, 0.1) is 22.4 Å². The summed E-state index contributed by atoms with van der Waals surface area (Å²) >= 11 is 0. The summed E-state index contributed by atoms with van der Waals surface area (Å²) in [4.78, 5) is 50.2. The van der Waals surface area contributed by atoms with Crippen LogP contribution in [0.5, 0.6) is 0 Å². The van der Waals surface area contributed by atoms with Crippen LogP contribution < -0.4 is 10.2 Å². The lowest BCUT2D eigenvalue weighted by molar-refractivity contribution is -0.384. The van der Waals surface area contributed by atoms with E-state index in [4.69, 9.17) is 0 Å². The number of carboxylic acid groups (broad SMARTS) is 1. The Balaban J connectivity index is 1.84. The SMILES string of the molecule is Cc1ccccc1C1NC(C)(C(=O)O)C2C(=O)N(c3cccc([N+](=O)[O-])c3)C(=O)C12. The van der Waals surface area contributed by atoms with E-state index in [1.54, 1.807) is 12.1 Å². The Hall–Kier alpha value is -3.59. The summed E-state index contributed by atoms with van der Waals surface area (Å²) in [5.74, 6) is -4.59. The van der Waals surface area contributed by atoms with Crippen molar-refractivity contribution in [1.29, 1.82) is 0 Å². The van der Waals surface area contributed by atoms with E-state index in [0.29, 0.717) is 0 Å². The number of aryl methyl sites for hydroxylation is 1. The number of carbonyl (C=O) groups is 3. The molecule has 2 saturated heterocycles. The van der Waals surface area contributed by atoms with Gasteiger partial charge in [-0.3, -0.25) is 29.8 Å². The van der Waals surface area contributed by atoms with Gasteiger partial charge in [0, 0.05) is 18.2 Å². The maximum Gasteiger partial charge on any atom is 0.324 e. The number of amides is 2. The number of imide groups is 1. The van der Waals surface area contributed by atoms with Crippen molar-refractivity contribution >= 4 is 29.2 Å². The van der Waals surface area contributed by atoms with E-state index < -0.39 is 46.1 Å². The topological polar surface area (TPSA) is 130 Å². The molecule has 2 fully saturated rings. The maximum atomic E-state index is 13.4. The first kappa shape index (κ1) is 19.7. The van der Waals surface area contributed by atoms with Gasteiger partial charge in [0.25, 0.3) is 5.69 Å². The lowest BCUT2D eigenvalue weighted by Crippen LogP contribution is -2.53. The molecule has 0 aromatic heterocycles. The van der Waals surface area contributed by atoms with Gasteiger partial charge >= 0.3 is 5.97 Å². The summed E-state index contributed by atoms with van der Waals surface area (Å²) in [5, 5.41) is 24.0. The van der Waals surface area contributed by atoms with Crippen molar-refractivity contribution in [3.63, 3.8) is 0 Å². The number of carbonyl (C=O) groups excluding carboxylic acids is 2. The minimum absolute atomic E-state index is 0.0601. The Bertz CT molecular complexity index is 1100. The van der Waals surface area contributed by atoms with E-state index in [9.17, 15) is 29.6 Å². The van der Waals surface area contributed by atoms with E-state index in [0.717, 1.165) is 22.1 Å². The standard InChI is InChI=1S/C21H19N3O6/c1-11-6-3-4-9-14(11)17-15-16(21(2,22-17)20(27)28)19(26)23(18(15)25)12-7-5-8-13(10-12)24(29)30/h3-10,15-17,22H,1-2H3,(H,27,28). The van der Waals surface area contributed by atoms with Crippen LogP contribution in [-0.4, -0.2) is 33.4 Å². The Morgan fingerprint density at radius 1 is 1.17 bits per heavy atom. The maximum absolute atomic E-state index is 13.4. The van der Waals surface area contributed by atoms with Crippen molar-refractivity contribution in [3.8, 4) is 0 Å². The van der Waals surface area contributed by atoms with Crippen molar-refractivity contribution < 1.29 is 24.4 Å². The molecule has 9 heteroatoms. The highest BCUT2D eigenvalue weighted by molar-refractivity contribution is 6.24. The zero-order valence-corrected chi connectivity index (χ0v) is 16.2. The smallest absolute Gasteiger partial charge is 0.324 e. The van der Waals surface area contributed by atoms with Gasteiger partial charge < -0.3 is 5.11 Å². The average Bonchev–Trinajstić information content (AvgIpc) is 3.16. The number of fused-ring (bicyclic) bond motifs is 1. The summed E-state index contributed by atoms with van der Waals surface area (Å²) in [7, 11) is 0. The molecule has 0 saturated carbocycles. The largest absolute Gasteiger partial charge is 0.480 e. The highest BCUT2D eigenvalue weighted by Gasteiger charge is 2.67. The highest BCUT2D eigenvalue weighted by atomic mass is 16.6. The average molecular weight is 409 g/mol. The number of hydrogen-bond donors (Lipinski definition) is 2. The quantitative estimate of drug-likeness (QED) is 0.450. The van der Waals surface area contributed by atoms with Gasteiger partial charge in [-0.05, 0) is 31.0 Å². The van der Waals surface area contributed by atoms with Crippen LogP contribution in [-0.2, 0) is 14.4 Å². The third-order valence-electron chi connectivity index (χ3n) is 6.05. The molecule has 0 spiro atoms. The molecule has 0 aliphatic carbocycles. The Labute approximate surface area is 171 Å². The minimum atomic E-state index is -1.67. The van der Waals surface area contributed by atoms with Crippen molar-refractivity contribution in [1.82, 2.24) is 5.32 Å². The molecule has 30 heavy (non-hydrogen) atoms. The first-order valence-corrected chi connectivity index (χ1v) is 9.35. The van der Waals surface area contributed by atoms with Crippen LogP contribution in [0.25, 0.3) is 0 Å². The predicted molar refractivity (Wildman–Crippen MR) is 106 cm³/mol. The van der Waals surface area contributed by atoms with Crippen LogP contribution in [0.3, 0.4) is 0 Å². The van der Waals surface area contributed by atoms with Crippen molar-refractivity contribution in [2.24, 2.45) is 11.8 Å². The molecular formula is C21H19N3O6. The fraction of sp³-hybridized carbons (Fsp3) is 0.286. The monoisotopic (exact) mass is 409 g/mol. The number of anilines is 1. The number of nitro groups is 1. The van der Waals surface area contributed by atoms with Crippen LogP contribution in [0.2, 0.25) is 0 Å². The first-order chi connectivity index (χ1) is 14.2. The highest BCUT2D eigenvalue weighted by Crippen LogP contribution is 2.50. The number of hydrogen-bond acceptors (Lipinski definition) is 6. The van der Waals surface area contributed by atoms with Gasteiger partial charge in [0.15, 0.2) is 0 Å². The predicted octanol–water partition coefficient (Wildman–Crippen LogP) is 2.20. The van der Waals surface area contributed by atoms with Crippen molar-refractivity contribution in [2.75, 3.05) is 4.90 Å². The van der Waals surface area contributed by atoms with Gasteiger partial charge in [0.1, 0.15) is 5.54 Å². The Kier molecular flexibility index (Phi) is 4.43. The molecule has 4 atom stereocenters. The second-order valence-electron chi connectivity index (χ2n) is 7.78. The van der Waals surface area contributed by atoms with Crippen molar-refractivity contribution in [2.45, 2.75) is 25.4 Å². The number of non-ortho nitro benzene ring substituents is 1. The number of nitrogens with one attached hydrogen (secondary N) is 1. The van der Waals surface area contributed by atoms with Crippen LogP contribution in [0.1, 0.15) is 24.1 Å². The molecule has 154 valence electrons. The minimum Gasteiger partial charge on any atom is -0.480 e. The van der Waals surface area contributed by atoms with Crippen LogP contribution >= 0.6 is 0 Å². The second-order valence-corrected chi connectivity index (χ2v) is 7.78. The molecule has 2 aliphatic heterocycles. The summed E-state index contributed by atoms with van der Waals surface area (Å²) in [6.45, 7) is 3.25. The molecule has 9 nitrogen and oxygen atoms in total. The van der Waals surface area contributed by atoms with E-state index >= 15 is 0 Å². The van der Waals surface area contributed by atoms with Gasteiger partial charge in [-0.1, -0.05) is 30.3 Å². The normalized spacial score (nSPS) is 27.9. The van der Waals surface area contributed by atoms with Gasteiger partial charge in [-0.2, -0.15) is 0 Å². The van der Waals surface area contributed by atoms with Crippen LogP contribution in [0, 0.1) is 28.9 Å². The lowest BCUT2D eigenvalue weighted by Gasteiger charge is -2.27. The number of rotatable bonds is 4. The zero-order valence-electron chi connectivity index (χ0n) is 16.2. The molecule has 2 aromatic rings. The van der Waals surface area contributed by atoms with Crippen LogP contribution in [0.4, 0.5) is 11.4 Å². The van der Waals surface area contributed by atoms with Gasteiger partial charge in [-0.15, -0.1) is 0 Å². The summed E-state index contributed by atoms with van der Waals surface area (Å²) in [6.07, 6.45) is 0. The molecule has 0 radical (unpaired) electrons.